The van der Waals surface area contributed by atoms with E-state index in [1.165, 1.54) is 12.1 Å². The fourth-order valence-electron chi connectivity index (χ4n) is 2.27. The summed E-state index contributed by atoms with van der Waals surface area (Å²) in [6.07, 6.45) is 0. The lowest BCUT2D eigenvalue weighted by Gasteiger charge is -2.19. The van der Waals surface area contributed by atoms with Crippen LogP contribution in [0.5, 0.6) is 11.5 Å². The number of benzene rings is 2. The minimum atomic E-state index is -0.557. The van der Waals surface area contributed by atoms with Crippen molar-refractivity contribution in [3.05, 3.63) is 46.7 Å². The van der Waals surface area contributed by atoms with Crippen LogP contribution in [0.2, 0.25) is 5.02 Å². The second-order valence-corrected chi connectivity index (χ2v) is 5.91. The number of ether oxygens (including phenoxy) is 2. The quantitative estimate of drug-likeness (QED) is 0.802. The van der Waals surface area contributed by atoms with Crippen molar-refractivity contribution in [2.45, 2.75) is 19.9 Å². The van der Waals surface area contributed by atoms with Crippen molar-refractivity contribution in [3.63, 3.8) is 0 Å². The van der Waals surface area contributed by atoms with Crippen LogP contribution in [0.1, 0.15) is 12.5 Å². The largest absolute Gasteiger partial charge is 0.493 e. The molecule has 2 aromatic rings. The number of halogens is 2. The van der Waals surface area contributed by atoms with E-state index in [2.05, 4.69) is 10.6 Å². The van der Waals surface area contributed by atoms with Crippen LogP contribution in [0.15, 0.2) is 30.3 Å². The van der Waals surface area contributed by atoms with Gasteiger partial charge in [0.2, 0.25) is 5.91 Å². The highest BCUT2D eigenvalue weighted by molar-refractivity contribution is 6.33. The second kappa shape index (κ2) is 8.07. The van der Waals surface area contributed by atoms with Gasteiger partial charge in [0, 0.05) is 11.8 Å². The number of hydrogen-bond acceptors (Lipinski definition) is 4. The third kappa shape index (κ3) is 4.54. The first-order chi connectivity index (χ1) is 11.8. The number of nitrogens with one attached hydrogen (secondary N) is 2. The molecule has 2 N–H and O–H groups in total. The number of amides is 1. The van der Waals surface area contributed by atoms with Crippen molar-refractivity contribution in [3.8, 4) is 11.5 Å². The zero-order chi connectivity index (χ0) is 18.6. The second-order valence-electron chi connectivity index (χ2n) is 5.50. The monoisotopic (exact) mass is 366 g/mol. The molecule has 2 aromatic carbocycles. The van der Waals surface area contributed by atoms with Crippen LogP contribution in [-0.2, 0) is 4.79 Å². The first kappa shape index (κ1) is 18.9. The summed E-state index contributed by atoms with van der Waals surface area (Å²) >= 11 is 5.93. The Labute approximate surface area is 151 Å². The summed E-state index contributed by atoms with van der Waals surface area (Å²) in [7, 11) is 3.11. The molecule has 2 rings (SSSR count). The van der Waals surface area contributed by atoms with Crippen molar-refractivity contribution < 1.29 is 18.7 Å². The smallest absolute Gasteiger partial charge is 0.246 e. The molecule has 0 fully saturated rings. The van der Waals surface area contributed by atoms with E-state index in [0.717, 1.165) is 17.3 Å². The minimum absolute atomic E-state index is 0.142. The van der Waals surface area contributed by atoms with Crippen molar-refractivity contribution in [2.75, 3.05) is 24.9 Å². The van der Waals surface area contributed by atoms with E-state index in [4.69, 9.17) is 21.1 Å². The summed E-state index contributed by atoms with van der Waals surface area (Å²) < 4.78 is 23.6. The van der Waals surface area contributed by atoms with Gasteiger partial charge in [0.1, 0.15) is 11.9 Å². The molecule has 0 spiro atoms. The van der Waals surface area contributed by atoms with E-state index in [9.17, 15) is 9.18 Å². The molecule has 0 aromatic heterocycles. The van der Waals surface area contributed by atoms with Crippen molar-refractivity contribution in [1.82, 2.24) is 0 Å². The van der Waals surface area contributed by atoms with Crippen molar-refractivity contribution in [1.29, 1.82) is 0 Å². The van der Waals surface area contributed by atoms with Crippen LogP contribution in [0.3, 0.4) is 0 Å². The Morgan fingerprint density at radius 2 is 1.76 bits per heavy atom. The van der Waals surface area contributed by atoms with Gasteiger partial charge >= 0.3 is 0 Å². The zero-order valence-corrected chi connectivity index (χ0v) is 15.2. The highest BCUT2D eigenvalue weighted by Crippen LogP contribution is 2.33. The Morgan fingerprint density at radius 1 is 1.12 bits per heavy atom. The molecule has 1 amide bonds. The van der Waals surface area contributed by atoms with E-state index >= 15 is 0 Å². The molecular weight excluding hydrogens is 347 g/mol. The molecule has 0 radical (unpaired) electrons. The normalized spacial score (nSPS) is 11.6. The Balaban J connectivity index is 2.13. The Morgan fingerprint density at radius 3 is 2.36 bits per heavy atom. The fourth-order valence-corrected chi connectivity index (χ4v) is 2.48. The van der Waals surface area contributed by atoms with Crippen LogP contribution >= 0.6 is 11.6 Å². The number of carbonyl (C=O) groups is 1. The number of hydrogen-bond donors (Lipinski definition) is 2. The van der Waals surface area contributed by atoms with Gasteiger partial charge in [-0.25, -0.2) is 4.39 Å². The van der Waals surface area contributed by atoms with E-state index in [-0.39, 0.29) is 10.9 Å². The summed E-state index contributed by atoms with van der Waals surface area (Å²) in [6, 6.07) is 6.83. The van der Waals surface area contributed by atoms with Gasteiger partial charge in [-0.1, -0.05) is 11.6 Å². The first-order valence-corrected chi connectivity index (χ1v) is 7.98. The number of carbonyl (C=O) groups excluding carboxylic acids is 1. The average Bonchev–Trinajstić information content (AvgIpc) is 2.58. The summed E-state index contributed by atoms with van der Waals surface area (Å²) in [6.45, 7) is 3.61. The molecule has 25 heavy (non-hydrogen) atoms. The third-order valence-electron chi connectivity index (χ3n) is 3.68. The van der Waals surface area contributed by atoms with Gasteiger partial charge in [-0.05, 0) is 43.7 Å². The molecule has 134 valence electrons. The van der Waals surface area contributed by atoms with E-state index in [1.807, 2.05) is 13.0 Å². The zero-order valence-electron chi connectivity index (χ0n) is 14.4. The van der Waals surface area contributed by atoms with Gasteiger partial charge in [-0.2, -0.15) is 0 Å². The minimum Gasteiger partial charge on any atom is -0.493 e. The van der Waals surface area contributed by atoms with Crippen LogP contribution in [0.25, 0.3) is 0 Å². The van der Waals surface area contributed by atoms with Gasteiger partial charge in [0.05, 0.1) is 24.9 Å². The molecule has 0 aliphatic carbocycles. The number of rotatable bonds is 6. The van der Waals surface area contributed by atoms with Gasteiger partial charge in [0.25, 0.3) is 0 Å². The van der Waals surface area contributed by atoms with Crippen LogP contribution in [0, 0.1) is 12.7 Å². The maximum Gasteiger partial charge on any atom is 0.246 e. The predicted molar refractivity (Wildman–Crippen MR) is 97.4 cm³/mol. The van der Waals surface area contributed by atoms with Gasteiger partial charge < -0.3 is 20.1 Å². The van der Waals surface area contributed by atoms with Gasteiger partial charge in [0.15, 0.2) is 11.5 Å². The first-order valence-electron chi connectivity index (χ1n) is 7.60. The summed E-state index contributed by atoms with van der Waals surface area (Å²) in [5, 5.41) is 5.94. The molecule has 5 nitrogen and oxygen atoms in total. The van der Waals surface area contributed by atoms with E-state index in [0.29, 0.717) is 17.2 Å². The molecule has 0 unspecified atom stereocenters. The van der Waals surface area contributed by atoms with E-state index in [1.54, 1.807) is 27.2 Å². The predicted octanol–water partition coefficient (Wildman–Crippen LogP) is 4.24. The number of methoxy groups -OCH3 is 2. The molecule has 7 heteroatoms. The van der Waals surface area contributed by atoms with Crippen LogP contribution < -0.4 is 20.1 Å². The maximum absolute atomic E-state index is 13.1. The summed E-state index contributed by atoms with van der Waals surface area (Å²) in [5.74, 6) is 0.406. The lowest BCUT2D eigenvalue weighted by Crippen LogP contribution is -2.32. The van der Waals surface area contributed by atoms with Gasteiger partial charge in [-0.3, -0.25) is 4.79 Å². The lowest BCUT2D eigenvalue weighted by atomic mass is 10.1. The molecule has 1 atom stereocenters. The fraction of sp³-hybridized carbons (Fsp3) is 0.278. The third-order valence-corrected chi connectivity index (χ3v) is 4.00. The van der Waals surface area contributed by atoms with Crippen molar-refractivity contribution in [2.24, 2.45) is 0 Å². The summed E-state index contributed by atoms with van der Waals surface area (Å²) in [4.78, 5) is 12.4. The van der Waals surface area contributed by atoms with Crippen LogP contribution in [-0.4, -0.2) is 26.2 Å². The molecule has 0 heterocycles. The van der Waals surface area contributed by atoms with Crippen LogP contribution in [0.4, 0.5) is 15.8 Å². The molecule has 0 saturated carbocycles. The number of anilines is 2. The van der Waals surface area contributed by atoms with Gasteiger partial charge in [-0.15, -0.1) is 0 Å². The summed E-state index contributed by atoms with van der Waals surface area (Å²) in [5.41, 5.74) is 1.99. The SMILES string of the molecule is COc1cc(C)c(N[C@@H](C)C(=O)Nc2ccc(F)cc2Cl)cc1OC. The highest BCUT2D eigenvalue weighted by atomic mass is 35.5. The molecule has 0 aliphatic heterocycles. The standard InChI is InChI=1S/C18H20ClFN2O3/c1-10-7-16(24-3)17(25-4)9-15(10)21-11(2)18(23)22-14-6-5-12(20)8-13(14)19/h5-9,11,21H,1-4H3,(H,22,23)/t11-/m0/s1. The molecule has 0 aliphatic rings. The Hall–Kier alpha value is -2.47. The lowest BCUT2D eigenvalue weighted by molar-refractivity contribution is -0.116. The maximum atomic E-state index is 13.1. The molecular formula is C18H20ClFN2O3. The van der Waals surface area contributed by atoms with E-state index < -0.39 is 11.9 Å². The topological polar surface area (TPSA) is 59.6 Å². The molecule has 0 bridgehead atoms. The number of aryl methyl sites for hydroxylation is 1. The Bertz CT molecular complexity index is 783. The average molecular weight is 367 g/mol. The molecule has 0 saturated heterocycles. The Kier molecular flexibility index (Phi) is 6.09. The van der Waals surface area contributed by atoms with Crippen molar-refractivity contribution >= 4 is 28.9 Å². The highest BCUT2D eigenvalue weighted by Gasteiger charge is 2.17.